The number of hydrogen-bond acceptors (Lipinski definition) is 3. The van der Waals surface area contributed by atoms with E-state index in [0.717, 1.165) is 16.5 Å². The normalized spacial score (nSPS) is 11.0. The van der Waals surface area contributed by atoms with Crippen molar-refractivity contribution in [1.29, 1.82) is 0 Å². The number of hydrogen-bond donors (Lipinski definition) is 0. The molecule has 0 fully saturated rings. The molecule has 1 aromatic carbocycles. The van der Waals surface area contributed by atoms with Crippen molar-refractivity contribution in [3.63, 3.8) is 0 Å². The van der Waals surface area contributed by atoms with Crippen LogP contribution < -0.4 is 0 Å². The number of ether oxygens (including phenoxy) is 1. The first kappa shape index (κ1) is 12.6. The second-order valence-corrected chi connectivity index (χ2v) is 4.16. The lowest BCUT2D eigenvalue weighted by Crippen LogP contribution is -1.96. The summed E-state index contributed by atoms with van der Waals surface area (Å²) in [5, 5.41) is 1.50. The number of esters is 1. The number of carbonyl (C=O) groups excluding carboxylic acids is 1. The molecule has 92 valence electrons. The van der Waals surface area contributed by atoms with E-state index in [-0.39, 0.29) is 12.4 Å². The Morgan fingerprint density at radius 1 is 1.39 bits per heavy atom. The summed E-state index contributed by atoms with van der Waals surface area (Å²) >= 11 is 5.82. The minimum absolute atomic E-state index is 0.250. The van der Waals surface area contributed by atoms with E-state index in [9.17, 15) is 4.79 Å². The first-order chi connectivity index (χ1) is 8.69. The van der Waals surface area contributed by atoms with Gasteiger partial charge in [0.1, 0.15) is 5.15 Å². The zero-order valence-electron chi connectivity index (χ0n) is 9.89. The van der Waals surface area contributed by atoms with Gasteiger partial charge < -0.3 is 4.74 Å². The van der Waals surface area contributed by atoms with E-state index in [1.165, 1.54) is 7.11 Å². The van der Waals surface area contributed by atoms with E-state index in [0.29, 0.717) is 5.15 Å². The summed E-state index contributed by atoms with van der Waals surface area (Å²) in [5.41, 5.74) is 1.86. The van der Waals surface area contributed by atoms with Gasteiger partial charge in [-0.1, -0.05) is 29.8 Å². The highest BCUT2D eigenvalue weighted by molar-refractivity contribution is 6.29. The molecule has 0 saturated heterocycles. The topological polar surface area (TPSA) is 39.2 Å². The van der Waals surface area contributed by atoms with Gasteiger partial charge in [0.15, 0.2) is 0 Å². The zero-order valence-corrected chi connectivity index (χ0v) is 10.6. The molecule has 0 radical (unpaired) electrons. The van der Waals surface area contributed by atoms with Gasteiger partial charge in [0.05, 0.1) is 19.0 Å². The summed E-state index contributed by atoms with van der Waals surface area (Å²) in [7, 11) is 1.38. The third kappa shape index (κ3) is 3.08. The maximum atomic E-state index is 11.0. The van der Waals surface area contributed by atoms with Crippen LogP contribution in [0.2, 0.25) is 5.15 Å². The highest BCUT2D eigenvalue weighted by atomic mass is 35.5. The number of nitrogens with zero attached hydrogens (tertiary/aromatic N) is 1. The molecule has 3 nitrogen and oxygen atoms in total. The van der Waals surface area contributed by atoms with E-state index < -0.39 is 0 Å². The molecule has 0 aliphatic carbocycles. The molecule has 4 heteroatoms. The van der Waals surface area contributed by atoms with Crippen LogP contribution >= 0.6 is 11.6 Å². The highest BCUT2D eigenvalue weighted by Crippen LogP contribution is 2.17. The number of rotatable bonds is 3. The van der Waals surface area contributed by atoms with Gasteiger partial charge >= 0.3 is 5.97 Å². The summed E-state index contributed by atoms with van der Waals surface area (Å²) < 4.78 is 4.56. The van der Waals surface area contributed by atoms with Crippen LogP contribution in [-0.2, 0) is 9.53 Å². The van der Waals surface area contributed by atoms with Gasteiger partial charge in [0, 0.05) is 5.39 Å². The van der Waals surface area contributed by atoms with Gasteiger partial charge in [-0.15, -0.1) is 0 Å². The predicted octanol–water partition coefficient (Wildman–Crippen LogP) is 3.46. The van der Waals surface area contributed by atoms with Gasteiger partial charge in [-0.05, 0) is 29.8 Å². The fourth-order valence-electron chi connectivity index (χ4n) is 1.60. The van der Waals surface area contributed by atoms with Gasteiger partial charge in [-0.25, -0.2) is 4.98 Å². The van der Waals surface area contributed by atoms with Crippen molar-refractivity contribution in [2.75, 3.05) is 7.11 Å². The quantitative estimate of drug-likeness (QED) is 0.627. The van der Waals surface area contributed by atoms with Crippen LogP contribution in [0.3, 0.4) is 0 Å². The highest BCUT2D eigenvalue weighted by Gasteiger charge is 1.98. The maximum Gasteiger partial charge on any atom is 0.309 e. The van der Waals surface area contributed by atoms with Gasteiger partial charge in [0.2, 0.25) is 0 Å². The molecule has 0 N–H and O–H groups in total. The lowest BCUT2D eigenvalue weighted by Gasteiger charge is -1.99. The van der Waals surface area contributed by atoms with E-state index >= 15 is 0 Å². The molecular formula is C14H12ClNO2. The third-order valence-electron chi connectivity index (χ3n) is 2.50. The van der Waals surface area contributed by atoms with Crippen molar-refractivity contribution in [1.82, 2.24) is 4.98 Å². The van der Waals surface area contributed by atoms with Crippen LogP contribution in [0.5, 0.6) is 0 Å². The van der Waals surface area contributed by atoms with Crippen LogP contribution in [0.15, 0.2) is 36.4 Å². The second-order valence-electron chi connectivity index (χ2n) is 3.77. The molecule has 0 aliphatic heterocycles. The van der Waals surface area contributed by atoms with Crippen LogP contribution in [-0.4, -0.2) is 18.1 Å². The summed E-state index contributed by atoms with van der Waals surface area (Å²) in [6.45, 7) is 0. The number of methoxy groups -OCH3 is 1. The predicted molar refractivity (Wildman–Crippen MR) is 72.4 cm³/mol. The number of fused-ring (bicyclic) bond motifs is 1. The number of aromatic nitrogens is 1. The molecule has 2 aromatic rings. The Morgan fingerprint density at radius 3 is 3.00 bits per heavy atom. The first-order valence-corrected chi connectivity index (χ1v) is 5.86. The van der Waals surface area contributed by atoms with Gasteiger partial charge in [0.25, 0.3) is 0 Å². The molecule has 0 atom stereocenters. The number of carbonyl (C=O) groups is 1. The standard InChI is InChI=1S/C14H12ClNO2/c1-18-14(17)4-2-3-10-5-7-12-11(9-10)6-8-13(15)16-12/h2-3,5-9H,4H2,1H3. The molecule has 0 amide bonds. The fraction of sp³-hybridized carbons (Fsp3) is 0.143. The van der Waals surface area contributed by atoms with Gasteiger partial charge in [-0.2, -0.15) is 0 Å². The number of pyridine rings is 1. The molecular weight excluding hydrogens is 250 g/mol. The molecule has 18 heavy (non-hydrogen) atoms. The SMILES string of the molecule is COC(=O)CC=Cc1ccc2nc(Cl)ccc2c1. The summed E-state index contributed by atoms with van der Waals surface area (Å²) in [6.07, 6.45) is 3.93. The molecule has 0 spiro atoms. The second kappa shape index (κ2) is 5.65. The van der Waals surface area contributed by atoms with Crippen molar-refractivity contribution in [2.24, 2.45) is 0 Å². The Morgan fingerprint density at radius 2 is 2.22 bits per heavy atom. The fourth-order valence-corrected chi connectivity index (χ4v) is 1.75. The summed E-state index contributed by atoms with van der Waals surface area (Å²) in [6, 6.07) is 9.50. The molecule has 2 rings (SSSR count). The lowest BCUT2D eigenvalue weighted by molar-refractivity contribution is -0.139. The Kier molecular flexibility index (Phi) is 3.95. The first-order valence-electron chi connectivity index (χ1n) is 5.49. The minimum Gasteiger partial charge on any atom is -0.469 e. The van der Waals surface area contributed by atoms with Crippen molar-refractivity contribution >= 4 is 34.5 Å². The van der Waals surface area contributed by atoms with Crippen LogP contribution in [0.4, 0.5) is 0 Å². The van der Waals surface area contributed by atoms with Crippen molar-refractivity contribution in [2.45, 2.75) is 6.42 Å². The molecule has 0 aliphatic rings. The average molecular weight is 262 g/mol. The van der Waals surface area contributed by atoms with E-state index in [1.54, 1.807) is 12.1 Å². The average Bonchev–Trinajstić information content (AvgIpc) is 2.38. The molecule has 1 heterocycles. The number of halogens is 1. The lowest BCUT2D eigenvalue weighted by atomic mass is 10.1. The zero-order chi connectivity index (χ0) is 13.0. The van der Waals surface area contributed by atoms with Crippen molar-refractivity contribution in [3.8, 4) is 0 Å². The summed E-state index contributed by atoms with van der Waals surface area (Å²) in [5.74, 6) is -0.250. The number of benzene rings is 1. The van der Waals surface area contributed by atoms with Crippen LogP contribution in [0.25, 0.3) is 17.0 Å². The van der Waals surface area contributed by atoms with Crippen molar-refractivity contribution < 1.29 is 9.53 Å². The largest absolute Gasteiger partial charge is 0.469 e. The van der Waals surface area contributed by atoms with Crippen LogP contribution in [0.1, 0.15) is 12.0 Å². The Bertz CT molecular complexity index is 608. The van der Waals surface area contributed by atoms with Gasteiger partial charge in [-0.3, -0.25) is 4.79 Å². The Hall–Kier alpha value is -1.87. The van der Waals surface area contributed by atoms with Crippen molar-refractivity contribution in [3.05, 3.63) is 47.1 Å². The smallest absolute Gasteiger partial charge is 0.309 e. The van der Waals surface area contributed by atoms with E-state index in [4.69, 9.17) is 11.6 Å². The third-order valence-corrected chi connectivity index (χ3v) is 2.71. The van der Waals surface area contributed by atoms with E-state index in [2.05, 4.69) is 9.72 Å². The summed E-state index contributed by atoms with van der Waals surface area (Å²) in [4.78, 5) is 15.2. The molecule has 0 saturated carbocycles. The monoisotopic (exact) mass is 261 g/mol. The van der Waals surface area contributed by atoms with E-state index in [1.807, 2.05) is 30.3 Å². The Labute approximate surface area is 110 Å². The Balaban J connectivity index is 2.20. The molecule has 0 unspecified atom stereocenters. The molecule has 0 bridgehead atoms. The minimum atomic E-state index is -0.250. The van der Waals surface area contributed by atoms with Crippen LogP contribution in [0, 0.1) is 0 Å². The maximum absolute atomic E-state index is 11.0. The molecule has 1 aromatic heterocycles.